The first-order valence-electron chi connectivity index (χ1n) is 5.77. The number of aryl methyl sites for hydroxylation is 1. The molecule has 0 radical (unpaired) electrons. The van der Waals surface area contributed by atoms with E-state index >= 15 is 0 Å². The average molecular weight is 246 g/mol. The van der Waals surface area contributed by atoms with Gasteiger partial charge >= 0.3 is 0 Å². The van der Waals surface area contributed by atoms with E-state index in [1.165, 1.54) is 16.0 Å². The predicted molar refractivity (Wildman–Crippen MR) is 75.4 cm³/mol. The highest BCUT2D eigenvalue weighted by atomic mass is 32.1. The summed E-state index contributed by atoms with van der Waals surface area (Å²) in [6.07, 6.45) is 0.935. The van der Waals surface area contributed by atoms with Gasteiger partial charge in [0.2, 0.25) is 0 Å². The monoisotopic (exact) mass is 246 g/mol. The molecule has 0 aliphatic heterocycles. The van der Waals surface area contributed by atoms with Gasteiger partial charge < -0.3 is 11.1 Å². The first kappa shape index (κ1) is 12.1. The zero-order valence-corrected chi connectivity index (χ0v) is 11.1. The van der Waals surface area contributed by atoms with Gasteiger partial charge in [0, 0.05) is 16.6 Å². The van der Waals surface area contributed by atoms with Crippen LogP contribution in [0.5, 0.6) is 0 Å². The highest BCUT2D eigenvalue weighted by Gasteiger charge is 2.14. The summed E-state index contributed by atoms with van der Waals surface area (Å²) in [7, 11) is 2.00. The Labute approximate surface area is 106 Å². The molecule has 1 aromatic heterocycles. The number of nitrogen functional groups attached to an aromatic ring is 1. The minimum Gasteiger partial charge on any atom is -0.399 e. The number of likely N-dealkylation sites (N-methyl/N-ethyl adjacent to an activating group) is 1. The van der Waals surface area contributed by atoms with Crippen LogP contribution in [0.25, 0.3) is 0 Å². The lowest BCUT2D eigenvalue weighted by Crippen LogP contribution is -2.19. The molecule has 0 fully saturated rings. The molecule has 0 bridgehead atoms. The Hall–Kier alpha value is -1.32. The van der Waals surface area contributed by atoms with Crippen LogP contribution in [0.1, 0.15) is 22.0 Å². The molecule has 17 heavy (non-hydrogen) atoms. The number of anilines is 1. The molecular formula is C14H18N2S. The van der Waals surface area contributed by atoms with Crippen LogP contribution in [0.2, 0.25) is 0 Å². The van der Waals surface area contributed by atoms with Gasteiger partial charge in [-0.25, -0.2) is 0 Å². The molecule has 1 aromatic carbocycles. The Morgan fingerprint density at radius 1 is 1.29 bits per heavy atom. The quantitative estimate of drug-likeness (QED) is 0.813. The molecular weight excluding hydrogens is 228 g/mol. The summed E-state index contributed by atoms with van der Waals surface area (Å²) in [6, 6.07) is 10.6. The third kappa shape index (κ3) is 2.68. The van der Waals surface area contributed by atoms with Crippen LogP contribution < -0.4 is 11.1 Å². The number of hydrogen-bond donors (Lipinski definition) is 2. The molecule has 0 aliphatic carbocycles. The van der Waals surface area contributed by atoms with E-state index in [-0.39, 0.29) is 0 Å². The van der Waals surface area contributed by atoms with E-state index in [9.17, 15) is 0 Å². The summed E-state index contributed by atoms with van der Waals surface area (Å²) in [5.41, 5.74) is 9.43. The van der Waals surface area contributed by atoms with E-state index in [0.29, 0.717) is 6.04 Å². The largest absolute Gasteiger partial charge is 0.399 e. The SMILES string of the molecule is CN[C@H](Cc1ccccc1N)c1sccc1C. The summed E-state index contributed by atoms with van der Waals surface area (Å²) < 4.78 is 0. The van der Waals surface area contributed by atoms with E-state index in [1.54, 1.807) is 11.3 Å². The van der Waals surface area contributed by atoms with Crippen molar-refractivity contribution in [2.75, 3.05) is 12.8 Å². The Morgan fingerprint density at radius 3 is 2.65 bits per heavy atom. The fraction of sp³-hybridized carbons (Fsp3) is 0.286. The zero-order valence-electron chi connectivity index (χ0n) is 10.2. The number of benzene rings is 1. The fourth-order valence-electron chi connectivity index (χ4n) is 2.01. The molecule has 3 heteroatoms. The number of rotatable bonds is 4. The molecule has 2 rings (SSSR count). The van der Waals surface area contributed by atoms with Gasteiger partial charge in [-0.15, -0.1) is 11.3 Å². The molecule has 2 aromatic rings. The van der Waals surface area contributed by atoms with Crippen molar-refractivity contribution in [1.29, 1.82) is 0 Å². The summed E-state index contributed by atoms with van der Waals surface area (Å²) in [5.74, 6) is 0. The Morgan fingerprint density at radius 2 is 2.06 bits per heavy atom. The second-order valence-electron chi connectivity index (χ2n) is 4.21. The number of hydrogen-bond acceptors (Lipinski definition) is 3. The molecule has 90 valence electrons. The van der Waals surface area contributed by atoms with Gasteiger partial charge in [0.05, 0.1) is 0 Å². The van der Waals surface area contributed by atoms with Crippen LogP contribution >= 0.6 is 11.3 Å². The summed E-state index contributed by atoms with van der Waals surface area (Å²) in [4.78, 5) is 1.40. The minimum absolute atomic E-state index is 0.347. The van der Waals surface area contributed by atoms with Crippen LogP contribution in [-0.4, -0.2) is 7.05 Å². The maximum atomic E-state index is 5.99. The van der Waals surface area contributed by atoms with Gasteiger partial charge in [-0.05, 0) is 49.0 Å². The highest BCUT2D eigenvalue weighted by Crippen LogP contribution is 2.27. The maximum absolute atomic E-state index is 5.99. The van der Waals surface area contributed by atoms with E-state index in [1.807, 2.05) is 25.2 Å². The van der Waals surface area contributed by atoms with Crippen LogP contribution in [-0.2, 0) is 6.42 Å². The first-order valence-corrected chi connectivity index (χ1v) is 6.65. The van der Waals surface area contributed by atoms with Gasteiger partial charge in [-0.3, -0.25) is 0 Å². The minimum atomic E-state index is 0.347. The van der Waals surface area contributed by atoms with Gasteiger partial charge in [0.1, 0.15) is 0 Å². The Balaban J connectivity index is 2.22. The maximum Gasteiger partial charge on any atom is 0.0456 e. The standard InChI is InChI=1S/C14H18N2S/c1-10-7-8-17-14(10)13(16-2)9-11-5-3-4-6-12(11)15/h3-8,13,16H,9,15H2,1-2H3/t13-/m1/s1. The van der Waals surface area contributed by atoms with Crippen LogP contribution in [0.15, 0.2) is 35.7 Å². The lowest BCUT2D eigenvalue weighted by molar-refractivity contribution is 0.600. The molecule has 1 heterocycles. The molecule has 3 N–H and O–H groups in total. The third-order valence-corrected chi connectivity index (χ3v) is 4.18. The number of para-hydroxylation sites is 1. The van der Waals surface area contributed by atoms with E-state index in [0.717, 1.165) is 12.1 Å². The molecule has 0 saturated heterocycles. The van der Waals surface area contributed by atoms with Crippen molar-refractivity contribution in [3.05, 3.63) is 51.7 Å². The number of thiophene rings is 1. The van der Waals surface area contributed by atoms with Gasteiger partial charge in [0.15, 0.2) is 0 Å². The lowest BCUT2D eigenvalue weighted by Gasteiger charge is -2.17. The smallest absolute Gasteiger partial charge is 0.0456 e. The van der Waals surface area contributed by atoms with Crippen molar-refractivity contribution in [3.63, 3.8) is 0 Å². The van der Waals surface area contributed by atoms with Crippen LogP contribution in [0, 0.1) is 6.92 Å². The van der Waals surface area contributed by atoms with E-state index in [4.69, 9.17) is 5.73 Å². The van der Waals surface area contributed by atoms with E-state index in [2.05, 4.69) is 29.8 Å². The summed E-state index contributed by atoms with van der Waals surface area (Å²) in [6.45, 7) is 2.16. The van der Waals surface area contributed by atoms with Gasteiger partial charge in [0.25, 0.3) is 0 Å². The second-order valence-corrected chi connectivity index (χ2v) is 5.16. The first-order chi connectivity index (χ1) is 8.22. The van der Waals surface area contributed by atoms with Crippen molar-refractivity contribution in [2.24, 2.45) is 0 Å². The molecule has 0 spiro atoms. The van der Waals surface area contributed by atoms with Crippen molar-refractivity contribution >= 4 is 17.0 Å². The van der Waals surface area contributed by atoms with Crippen molar-refractivity contribution in [3.8, 4) is 0 Å². The molecule has 0 amide bonds. The lowest BCUT2D eigenvalue weighted by atomic mass is 10.0. The van der Waals surface area contributed by atoms with Crippen molar-refractivity contribution in [1.82, 2.24) is 5.32 Å². The second kappa shape index (κ2) is 5.34. The topological polar surface area (TPSA) is 38.0 Å². The molecule has 0 saturated carbocycles. The Kier molecular flexibility index (Phi) is 3.82. The zero-order chi connectivity index (χ0) is 12.3. The van der Waals surface area contributed by atoms with E-state index < -0.39 is 0 Å². The van der Waals surface area contributed by atoms with Crippen molar-refractivity contribution < 1.29 is 0 Å². The van der Waals surface area contributed by atoms with Crippen molar-refractivity contribution in [2.45, 2.75) is 19.4 Å². The number of nitrogens with two attached hydrogens (primary N) is 1. The number of nitrogens with one attached hydrogen (secondary N) is 1. The molecule has 0 unspecified atom stereocenters. The fourth-order valence-corrected chi connectivity index (χ4v) is 3.05. The van der Waals surface area contributed by atoms with Crippen LogP contribution in [0.3, 0.4) is 0 Å². The van der Waals surface area contributed by atoms with Gasteiger partial charge in [-0.1, -0.05) is 18.2 Å². The summed E-state index contributed by atoms with van der Waals surface area (Å²) >= 11 is 1.80. The van der Waals surface area contributed by atoms with Crippen LogP contribution in [0.4, 0.5) is 5.69 Å². The third-order valence-electron chi connectivity index (χ3n) is 3.05. The summed E-state index contributed by atoms with van der Waals surface area (Å²) in [5, 5.41) is 5.52. The predicted octanol–water partition coefficient (Wildman–Crippen LogP) is 3.14. The molecule has 1 atom stereocenters. The molecule has 0 aliphatic rings. The normalized spacial score (nSPS) is 12.6. The molecule has 2 nitrogen and oxygen atoms in total. The highest BCUT2D eigenvalue weighted by molar-refractivity contribution is 7.10. The van der Waals surface area contributed by atoms with Gasteiger partial charge in [-0.2, -0.15) is 0 Å². The average Bonchev–Trinajstić information content (AvgIpc) is 2.75. The Bertz CT molecular complexity index is 490.